The number of allylic oxidation sites excluding steroid dienone is 1. The summed E-state index contributed by atoms with van der Waals surface area (Å²) in [6, 6.07) is 0. The number of cyclic esters (lactones) is 1. The van der Waals surface area contributed by atoms with E-state index in [1.54, 1.807) is 19.9 Å². The van der Waals surface area contributed by atoms with Crippen molar-refractivity contribution in [3.05, 3.63) is 23.3 Å². The lowest BCUT2D eigenvalue weighted by molar-refractivity contribution is -0.391. The van der Waals surface area contributed by atoms with Crippen LogP contribution in [0.2, 0.25) is 0 Å². The molecule has 2 aliphatic carbocycles. The van der Waals surface area contributed by atoms with E-state index >= 15 is 0 Å². The van der Waals surface area contributed by atoms with E-state index in [1.165, 1.54) is 19.9 Å². The highest BCUT2D eigenvalue weighted by Crippen LogP contribution is 2.70. The lowest BCUT2D eigenvalue weighted by Gasteiger charge is -2.73. The average Bonchev–Trinajstić information content (AvgIpc) is 3.41. The molecule has 4 rings (SSSR count). The number of esters is 5. The van der Waals surface area contributed by atoms with Crippen molar-refractivity contribution in [2.24, 2.45) is 28.6 Å². The molecule has 0 bridgehead atoms. The zero-order valence-corrected chi connectivity index (χ0v) is 27.8. The van der Waals surface area contributed by atoms with Crippen LogP contribution in [0.15, 0.2) is 23.3 Å². The Bertz CT molecular complexity index is 1270. The first-order valence-corrected chi connectivity index (χ1v) is 16.0. The van der Waals surface area contributed by atoms with Gasteiger partial charge in [0.2, 0.25) is 0 Å². The van der Waals surface area contributed by atoms with Crippen LogP contribution in [0, 0.1) is 28.6 Å². The van der Waals surface area contributed by atoms with Crippen molar-refractivity contribution in [3.8, 4) is 0 Å². The van der Waals surface area contributed by atoms with E-state index in [1.807, 2.05) is 13.8 Å². The molecule has 3 fully saturated rings. The Kier molecular flexibility index (Phi) is 10.2. The molecule has 4 aliphatic rings. The standard InChI is InChI=1S/C34H48O11/c1-9-19(3)30(38)44-25-11-12-33(17-41-22(6)35)34(18-42-33)27(43-23(7)36)13-21(5)32(8,29(25)34)15-26(24-14-28(37)40-16-24)45-31(39)20(4)10-2/h10,14,19,21,25-27,29H,9,11-13,15-18H2,1-8H3/b20-10+/t19-,21-,25?,26?,27?,29-,32+,33-,34-/m0/s1. The van der Waals surface area contributed by atoms with Crippen LogP contribution in [0.4, 0.5) is 0 Å². The van der Waals surface area contributed by atoms with Gasteiger partial charge >= 0.3 is 29.8 Å². The van der Waals surface area contributed by atoms with E-state index in [4.69, 9.17) is 28.4 Å². The van der Waals surface area contributed by atoms with Crippen molar-refractivity contribution in [1.82, 2.24) is 0 Å². The minimum absolute atomic E-state index is 0.00601. The fraction of sp³-hybridized carbons (Fsp3) is 0.735. The van der Waals surface area contributed by atoms with Gasteiger partial charge in [-0.1, -0.05) is 33.8 Å². The molecule has 0 aromatic carbocycles. The zero-order chi connectivity index (χ0) is 33.3. The number of ether oxygens (including phenoxy) is 6. The lowest BCUT2D eigenvalue weighted by Crippen LogP contribution is -2.81. The van der Waals surface area contributed by atoms with Crippen LogP contribution in [0.1, 0.15) is 87.5 Å². The summed E-state index contributed by atoms with van der Waals surface area (Å²) < 4.78 is 35.6. The van der Waals surface area contributed by atoms with E-state index < -0.39 is 64.5 Å². The molecule has 45 heavy (non-hydrogen) atoms. The average molecular weight is 633 g/mol. The molecule has 9 atom stereocenters. The second kappa shape index (κ2) is 13.3. The maximum atomic E-state index is 13.3. The molecular formula is C34H48O11. The van der Waals surface area contributed by atoms with Gasteiger partial charge in [-0.2, -0.15) is 0 Å². The second-order valence-corrected chi connectivity index (χ2v) is 13.5. The molecule has 0 aromatic heterocycles. The zero-order valence-electron chi connectivity index (χ0n) is 27.8. The molecule has 2 aliphatic heterocycles. The lowest BCUT2D eigenvalue weighted by atomic mass is 9.39. The molecule has 1 saturated heterocycles. The summed E-state index contributed by atoms with van der Waals surface area (Å²) in [5.74, 6) is -3.16. The third-order valence-electron chi connectivity index (χ3n) is 11.0. The molecule has 0 aromatic rings. The summed E-state index contributed by atoms with van der Waals surface area (Å²) >= 11 is 0. The maximum absolute atomic E-state index is 13.3. The SMILES string of the molecule is C/C=C(\C)C(=O)OC(C[C@]1(C)[C@@H](C)CC(OC(C)=O)[C@]23CO[C@]2(COC(C)=O)CCC(OC(=O)[C@@H](C)CC)[C@@H]13)C1=CC(=O)OC1. The number of carbonyl (C=O) groups excluding carboxylic acids is 5. The highest BCUT2D eigenvalue weighted by molar-refractivity contribution is 5.88. The van der Waals surface area contributed by atoms with Crippen LogP contribution in [0.5, 0.6) is 0 Å². The van der Waals surface area contributed by atoms with Crippen LogP contribution >= 0.6 is 0 Å². The van der Waals surface area contributed by atoms with Crippen molar-refractivity contribution in [3.63, 3.8) is 0 Å². The minimum atomic E-state index is -0.983. The Balaban J connectivity index is 1.87. The van der Waals surface area contributed by atoms with Gasteiger partial charge in [0.15, 0.2) is 0 Å². The highest BCUT2D eigenvalue weighted by Gasteiger charge is 2.78. The normalized spacial score (nSPS) is 35.3. The summed E-state index contributed by atoms with van der Waals surface area (Å²) in [5, 5.41) is 0. The predicted molar refractivity (Wildman–Crippen MR) is 160 cm³/mol. The van der Waals surface area contributed by atoms with Crippen LogP contribution in [0.25, 0.3) is 0 Å². The topological polar surface area (TPSA) is 141 Å². The molecule has 2 heterocycles. The third kappa shape index (κ3) is 6.29. The number of rotatable bonds is 11. The maximum Gasteiger partial charge on any atom is 0.333 e. The van der Waals surface area contributed by atoms with Crippen molar-refractivity contribution >= 4 is 29.8 Å². The number of hydrogen-bond acceptors (Lipinski definition) is 11. The van der Waals surface area contributed by atoms with Crippen molar-refractivity contribution < 1.29 is 52.4 Å². The van der Waals surface area contributed by atoms with Crippen LogP contribution in [-0.2, 0) is 52.4 Å². The van der Waals surface area contributed by atoms with Crippen LogP contribution in [-0.4, -0.2) is 73.6 Å². The van der Waals surface area contributed by atoms with Gasteiger partial charge in [0.1, 0.15) is 37.1 Å². The van der Waals surface area contributed by atoms with E-state index in [2.05, 4.69) is 13.8 Å². The van der Waals surface area contributed by atoms with Crippen LogP contribution < -0.4 is 0 Å². The van der Waals surface area contributed by atoms with Gasteiger partial charge in [0.05, 0.1) is 17.9 Å². The quantitative estimate of drug-likeness (QED) is 0.182. The summed E-state index contributed by atoms with van der Waals surface area (Å²) in [6.45, 7) is 14.1. The summed E-state index contributed by atoms with van der Waals surface area (Å²) in [7, 11) is 0. The monoisotopic (exact) mass is 632 g/mol. The second-order valence-electron chi connectivity index (χ2n) is 13.5. The predicted octanol–water partition coefficient (Wildman–Crippen LogP) is 4.40. The molecule has 2 saturated carbocycles. The summed E-state index contributed by atoms with van der Waals surface area (Å²) in [5.41, 5.74) is -1.60. The van der Waals surface area contributed by atoms with Crippen molar-refractivity contribution in [2.45, 2.75) is 111 Å². The minimum Gasteiger partial charge on any atom is -0.463 e. The molecule has 250 valence electrons. The molecule has 0 radical (unpaired) electrons. The van der Waals surface area contributed by atoms with E-state index in [0.717, 1.165) is 0 Å². The Morgan fingerprint density at radius 3 is 2.38 bits per heavy atom. The molecule has 1 spiro atoms. The Hall–Kier alpha value is -3.21. The Labute approximate surface area is 265 Å². The van der Waals surface area contributed by atoms with Crippen molar-refractivity contribution in [2.75, 3.05) is 19.8 Å². The Morgan fingerprint density at radius 2 is 1.84 bits per heavy atom. The summed E-state index contributed by atoms with van der Waals surface area (Å²) in [6.07, 6.45) is 3.20. The molecule has 0 amide bonds. The van der Waals surface area contributed by atoms with Crippen molar-refractivity contribution in [1.29, 1.82) is 0 Å². The van der Waals surface area contributed by atoms with Crippen LogP contribution in [0.3, 0.4) is 0 Å². The van der Waals surface area contributed by atoms with Gasteiger partial charge in [0, 0.05) is 37.0 Å². The molecule has 11 nitrogen and oxygen atoms in total. The van der Waals surface area contributed by atoms with Gasteiger partial charge in [-0.25, -0.2) is 9.59 Å². The first-order valence-electron chi connectivity index (χ1n) is 16.0. The first kappa shape index (κ1) is 34.7. The van der Waals surface area contributed by atoms with E-state index in [0.29, 0.717) is 36.8 Å². The Morgan fingerprint density at radius 1 is 1.13 bits per heavy atom. The van der Waals surface area contributed by atoms with Gasteiger partial charge in [-0.15, -0.1) is 0 Å². The smallest absolute Gasteiger partial charge is 0.333 e. The van der Waals surface area contributed by atoms with Gasteiger partial charge in [-0.05, 0) is 57.3 Å². The van der Waals surface area contributed by atoms with E-state index in [-0.39, 0.29) is 44.0 Å². The number of hydrogen-bond donors (Lipinski definition) is 0. The molecule has 0 N–H and O–H groups in total. The highest BCUT2D eigenvalue weighted by atomic mass is 16.6. The molecule has 3 unspecified atom stereocenters. The fourth-order valence-corrected chi connectivity index (χ4v) is 7.97. The largest absolute Gasteiger partial charge is 0.463 e. The van der Waals surface area contributed by atoms with E-state index in [9.17, 15) is 24.0 Å². The molecular weight excluding hydrogens is 584 g/mol. The van der Waals surface area contributed by atoms with Gasteiger partial charge in [0.25, 0.3) is 0 Å². The number of carbonyl (C=O) groups is 5. The third-order valence-corrected chi connectivity index (χ3v) is 11.0. The van der Waals surface area contributed by atoms with Gasteiger partial charge in [-0.3, -0.25) is 14.4 Å². The molecule has 11 heteroatoms. The first-order chi connectivity index (χ1) is 21.1. The van der Waals surface area contributed by atoms with Gasteiger partial charge < -0.3 is 28.4 Å². The summed E-state index contributed by atoms with van der Waals surface area (Å²) in [4.78, 5) is 63.2. The fourth-order valence-electron chi connectivity index (χ4n) is 7.97.